The molecule has 0 radical (unpaired) electrons. The molecule has 1 aromatic carbocycles. The van der Waals surface area contributed by atoms with Gasteiger partial charge in [-0.05, 0) is 30.5 Å². The number of nitrogen functional groups attached to an aromatic ring is 1. The minimum Gasteiger partial charge on any atom is -0.398 e. The van der Waals surface area contributed by atoms with Gasteiger partial charge in [-0.3, -0.25) is 4.74 Å². The lowest BCUT2D eigenvalue weighted by Gasteiger charge is -2.20. The first kappa shape index (κ1) is 13.0. The van der Waals surface area contributed by atoms with Crippen LogP contribution in [0.2, 0.25) is 0 Å². The summed E-state index contributed by atoms with van der Waals surface area (Å²) in [6, 6.07) is 3.82. The molecule has 1 heterocycles. The molecule has 1 aliphatic rings. The van der Waals surface area contributed by atoms with Crippen molar-refractivity contribution in [1.29, 1.82) is 0 Å². The maximum atomic E-state index is 11.9. The van der Waals surface area contributed by atoms with E-state index in [-0.39, 0.29) is 13.2 Å². The van der Waals surface area contributed by atoms with Crippen molar-refractivity contribution >= 4 is 11.4 Å². The lowest BCUT2D eigenvalue weighted by atomic mass is 10.1. The van der Waals surface area contributed by atoms with Gasteiger partial charge in [0.15, 0.2) is 0 Å². The molecular weight excluding hydrogens is 245 g/mol. The summed E-state index contributed by atoms with van der Waals surface area (Å²) in [6.45, 7) is 2.48. The zero-order valence-corrected chi connectivity index (χ0v) is 10.0. The van der Waals surface area contributed by atoms with E-state index in [4.69, 9.17) is 5.73 Å². The summed E-state index contributed by atoms with van der Waals surface area (Å²) in [5.74, 6) is 0. The Bertz CT molecular complexity index is 446. The van der Waals surface area contributed by atoms with Crippen molar-refractivity contribution in [3.05, 3.63) is 23.3 Å². The number of halogens is 3. The highest BCUT2D eigenvalue weighted by Crippen LogP contribution is 2.31. The van der Waals surface area contributed by atoms with Gasteiger partial charge in [0.1, 0.15) is 0 Å². The highest BCUT2D eigenvalue weighted by Gasteiger charge is 2.29. The van der Waals surface area contributed by atoms with Crippen molar-refractivity contribution in [3.8, 4) is 0 Å². The van der Waals surface area contributed by atoms with Crippen LogP contribution in [0, 0.1) is 6.92 Å². The lowest BCUT2D eigenvalue weighted by Crippen LogP contribution is -2.28. The van der Waals surface area contributed by atoms with E-state index >= 15 is 0 Å². The zero-order valence-electron chi connectivity index (χ0n) is 10.0. The summed E-state index contributed by atoms with van der Waals surface area (Å²) < 4.78 is 39.4. The molecule has 1 aliphatic heterocycles. The molecule has 2 rings (SSSR count). The Balaban J connectivity index is 2.01. The maximum Gasteiger partial charge on any atom is 0.522 e. The molecule has 18 heavy (non-hydrogen) atoms. The SMILES string of the molecule is Cc1cc2c(cc1N)N(CCOC(F)(F)F)CC2. The van der Waals surface area contributed by atoms with Crippen LogP contribution in [0.15, 0.2) is 12.1 Å². The van der Waals surface area contributed by atoms with Gasteiger partial charge in [0.05, 0.1) is 6.61 Å². The molecule has 0 bridgehead atoms. The second-order valence-electron chi connectivity index (χ2n) is 4.37. The second-order valence-corrected chi connectivity index (χ2v) is 4.37. The number of nitrogens with zero attached hydrogens (tertiary/aromatic N) is 1. The van der Waals surface area contributed by atoms with Crippen molar-refractivity contribution in [1.82, 2.24) is 0 Å². The summed E-state index contributed by atoms with van der Waals surface area (Å²) in [6.07, 6.45) is -3.72. The molecule has 0 amide bonds. The van der Waals surface area contributed by atoms with Gasteiger partial charge in [-0.25, -0.2) is 0 Å². The van der Waals surface area contributed by atoms with Crippen LogP contribution < -0.4 is 10.6 Å². The topological polar surface area (TPSA) is 38.5 Å². The van der Waals surface area contributed by atoms with E-state index in [1.165, 1.54) is 0 Å². The monoisotopic (exact) mass is 260 g/mol. The number of fused-ring (bicyclic) bond motifs is 1. The highest BCUT2D eigenvalue weighted by molar-refractivity contribution is 5.67. The summed E-state index contributed by atoms with van der Waals surface area (Å²) in [7, 11) is 0. The Morgan fingerprint density at radius 3 is 2.78 bits per heavy atom. The molecule has 3 nitrogen and oxygen atoms in total. The van der Waals surface area contributed by atoms with Gasteiger partial charge < -0.3 is 10.6 Å². The van der Waals surface area contributed by atoms with Gasteiger partial charge in [-0.15, -0.1) is 13.2 Å². The summed E-state index contributed by atoms with van der Waals surface area (Å²) in [4.78, 5) is 1.87. The number of rotatable bonds is 3. The van der Waals surface area contributed by atoms with Crippen molar-refractivity contribution < 1.29 is 17.9 Å². The first-order valence-electron chi connectivity index (χ1n) is 5.71. The van der Waals surface area contributed by atoms with Crippen LogP contribution in [0.5, 0.6) is 0 Å². The Hall–Kier alpha value is -1.43. The summed E-state index contributed by atoms with van der Waals surface area (Å²) in [5.41, 5.74) is 9.53. The first-order chi connectivity index (χ1) is 8.37. The molecule has 0 aliphatic carbocycles. The molecule has 0 fully saturated rings. The minimum absolute atomic E-state index is 0.217. The minimum atomic E-state index is -4.56. The van der Waals surface area contributed by atoms with E-state index in [0.29, 0.717) is 12.2 Å². The average Bonchev–Trinajstić information content (AvgIpc) is 2.60. The van der Waals surface area contributed by atoms with Crippen molar-refractivity contribution in [2.45, 2.75) is 19.7 Å². The standard InChI is InChI=1S/C12H15F3N2O/c1-8-6-9-2-3-17(11(9)7-10(8)16)4-5-18-12(13,14)15/h6-7H,2-5,16H2,1H3. The van der Waals surface area contributed by atoms with Gasteiger partial charge in [-0.1, -0.05) is 6.07 Å². The average molecular weight is 260 g/mol. The van der Waals surface area contributed by atoms with Crippen LogP contribution >= 0.6 is 0 Å². The van der Waals surface area contributed by atoms with Gasteiger partial charge in [0.2, 0.25) is 0 Å². The number of aryl methyl sites for hydroxylation is 1. The van der Waals surface area contributed by atoms with Crippen molar-refractivity contribution in [2.75, 3.05) is 30.3 Å². The fourth-order valence-electron chi connectivity index (χ4n) is 2.15. The normalized spacial score (nSPS) is 15.0. The Morgan fingerprint density at radius 2 is 2.11 bits per heavy atom. The fourth-order valence-corrected chi connectivity index (χ4v) is 2.15. The molecule has 1 aromatic rings. The van der Waals surface area contributed by atoms with E-state index in [0.717, 1.165) is 23.2 Å². The van der Waals surface area contributed by atoms with E-state index in [1.54, 1.807) is 0 Å². The molecule has 0 spiro atoms. The number of hydrogen-bond donors (Lipinski definition) is 1. The second kappa shape index (κ2) is 4.68. The molecule has 0 unspecified atom stereocenters. The maximum absolute atomic E-state index is 11.9. The summed E-state index contributed by atoms with van der Waals surface area (Å²) in [5, 5.41) is 0. The quantitative estimate of drug-likeness (QED) is 0.848. The molecule has 100 valence electrons. The predicted octanol–water partition coefficient (Wildman–Crippen LogP) is 2.48. The Morgan fingerprint density at radius 1 is 1.39 bits per heavy atom. The van der Waals surface area contributed by atoms with Crippen LogP contribution in [0.4, 0.5) is 24.5 Å². The predicted molar refractivity (Wildman–Crippen MR) is 63.5 cm³/mol. The fraction of sp³-hybridized carbons (Fsp3) is 0.500. The van der Waals surface area contributed by atoms with Crippen molar-refractivity contribution in [3.63, 3.8) is 0 Å². The van der Waals surface area contributed by atoms with Gasteiger partial charge in [0, 0.05) is 24.5 Å². The molecule has 6 heteroatoms. The molecule has 0 saturated heterocycles. The van der Waals surface area contributed by atoms with Crippen molar-refractivity contribution in [2.24, 2.45) is 0 Å². The van der Waals surface area contributed by atoms with E-state index in [9.17, 15) is 13.2 Å². The van der Waals surface area contributed by atoms with Crippen LogP contribution in [0.1, 0.15) is 11.1 Å². The molecule has 2 N–H and O–H groups in total. The highest BCUT2D eigenvalue weighted by atomic mass is 19.4. The van der Waals surface area contributed by atoms with Crippen LogP contribution in [0.25, 0.3) is 0 Å². The third-order valence-electron chi connectivity index (χ3n) is 3.09. The third kappa shape index (κ3) is 2.87. The first-order valence-corrected chi connectivity index (χ1v) is 5.71. The van der Waals surface area contributed by atoms with E-state index < -0.39 is 6.36 Å². The largest absolute Gasteiger partial charge is 0.522 e. The summed E-state index contributed by atoms with van der Waals surface area (Å²) >= 11 is 0. The van der Waals surface area contributed by atoms with Gasteiger partial charge in [-0.2, -0.15) is 0 Å². The zero-order chi connectivity index (χ0) is 13.3. The van der Waals surface area contributed by atoms with E-state index in [1.807, 2.05) is 24.0 Å². The van der Waals surface area contributed by atoms with E-state index in [2.05, 4.69) is 4.74 Å². The smallest absolute Gasteiger partial charge is 0.398 e. The van der Waals surface area contributed by atoms with Crippen LogP contribution in [-0.4, -0.2) is 26.1 Å². The number of anilines is 2. The van der Waals surface area contributed by atoms with Gasteiger partial charge >= 0.3 is 6.36 Å². The van der Waals surface area contributed by atoms with Crippen LogP contribution in [0.3, 0.4) is 0 Å². The lowest BCUT2D eigenvalue weighted by molar-refractivity contribution is -0.323. The molecule has 0 saturated carbocycles. The van der Waals surface area contributed by atoms with Crippen LogP contribution in [-0.2, 0) is 11.2 Å². The molecular formula is C12H15F3N2O. The Labute approximate surface area is 103 Å². The number of ether oxygens (including phenoxy) is 1. The number of hydrogen-bond acceptors (Lipinski definition) is 3. The molecule has 0 aromatic heterocycles. The Kier molecular flexibility index (Phi) is 3.38. The number of benzene rings is 1. The number of nitrogens with two attached hydrogens (primary N) is 1. The number of alkyl halides is 3. The molecule has 0 atom stereocenters. The van der Waals surface area contributed by atoms with Gasteiger partial charge in [0.25, 0.3) is 0 Å². The third-order valence-corrected chi connectivity index (χ3v) is 3.09.